The molecule has 3 rings (SSSR count). The first-order valence-electron chi connectivity index (χ1n) is 6.89. The van der Waals surface area contributed by atoms with E-state index >= 15 is 0 Å². The van der Waals surface area contributed by atoms with Crippen molar-refractivity contribution in [1.29, 1.82) is 0 Å². The van der Waals surface area contributed by atoms with Crippen LogP contribution in [0.4, 0.5) is 0 Å². The molecule has 0 saturated carbocycles. The quantitative estimate of drug-likeness (QED) is 0.700. The third-order valence-electron chi connectivity index (χ3n) is 3.26. The van der Waals surface area contributed by atoms with Crippen LogP contribution in [0.15, 0.2) is 47.4 Å². The van der Waals surface area contributed by atoms with Gasteiger partial charge in [0.25, 0.3) is 0 Å². The van der Waals surface area contributed by atoms with Gasteiger partial charge in [0, 0.05) is 25.2 Å². The maximum atomic E-state index is 4.71. The molecule has 1 N–H and O–H groups in total. The predicted molar refractivity (Wildman–Crippen MR) is 78.0 cm³/mol. The van der Waals surface area contributed by atoms with Gasteiger partial charge < -0.3 is 9.84 Å². The largest absolute Gasteiger partial charge is 0.343 e. The van der Waals surface area contributed by atoms with Crippen LogP contribution in [0.2, 0.25) is 0 Å². The van der Waals surface area contributed by atoms with Gasteiger partial charge in [0.1, 0.15) is 5.82 Å². The van der Waals surface area contributed by atoms with E-state index in [0.29, 0.717) is 0 Å². The molecule has 2 aromatic heterocycles. The molecular formula is C15H17N5O. The number of benzene rings is 1. The summed E-state index contributed by atoms with van der Waals surface area (Å²) in [7, 11) is 0. The van der Waals surface area contributed by atoms with Crippen LogP contribution in [-0.4, -0.2) is 26.2 Å². The van der Waals surface area contributed by atoms with Gasteiger partial charge in [-0.15, -0.1) is 0 Å². The van der Waals surface area contributed by atoms with Crippen LogP contribution >= 0.6 is 0 Å². The fourth-order valence-corrected chi connectivity index (χ4v) is 2.26. The van der Waals surface area contributed by atoms with Crippen LogP contribution in [-0.2, 0) is 13.0 Å². The second-order valence-electron chi connectivity index (χ2n) is 4.74. The van der Waals surface area contributed by atoms with E-state index in [1.165, 1.54) is 6.39 Å². The molecule has 0 bridgehead atoms. The normalized spacial score (nSPS) is 10.9. The number of imidazole rings is 1. The molecule has 0 aliphatic carbocycles. The number of hydrogen-bond acceptors (Lipinski definition) is 5. The Kier molecular flexibility index (Phi) is 4.07. The summed E-state index contributed by atoms with van der Waals surface area (Å²) in [4.78, 5) is 8.40. The first-order chi connectivity index (χ1) is 10.3. The van der Waals surface area contributed by atoms with Crippen LogP contribution in [0.3, 0.4) is 0 Å². The molecule has 0 radical (unpaired) electrons. The van der Waals surface area contributed by atoms with E-state index in [1.54, 1.807) is 0 Å². The predicted octanol–water partition coefficient (Wildman–Crippen LogP) is 1.90. The fraction of sp³-hybridized carbons (Fsp3) is 0.267. The zero-order chi connectivity index (χ0) is 14.5. The van der Waals surface area contributed by atoms with E-state index in [-0.39, 0.29) is 0 Å². The smallest absolute Gasteiger partial charge is 0.213 e. The molecule has 0 fully saturated rings. The minimum Gasteiger partial charge on any atom is -0.343 e. The third-order valence-corrected chi connectivity index (χ3v) is 3.26. The van der Waals surface area contributed by atoms with E-state index in [1.807, 2.05) is 31.3 Å². The summed E-state index contributed by atoms with van der Waals surface area (Å²) < 4.78 is 6.86. The Morgan fingerprint density at radius 3 is 2.81 bits per heavy atom. The van der Waals surface area contributed by atoms with Crippen LogP contribution in [0.25, 0.3) is 5.69 Å². The summed E-state index contributed by atoms with van der Waals surface area (Å²) in [6.07, 6.45) is 4.00. The number of aryl methyl sites for hydroxylation is 1. The average Bonchev–Trinajstić information content (AvgIpc) is 3.14. The van der Waals surface area contributed by atoms with E-state index in [2.05, 4.69) is 37.1 Å². The third kappa shape index (κ3) is 3.17. The van der Waals surface area contributed by atoms with Crippen molar-refractivity contribution in [3.8, 4) is 5.69 Å². The Bertz CT molecular complexity index is 675. The van der Waals surface area contributed by atoms with Gasteiger partial charge in [-0.2, -0.15) is 4.98 Å². The lowest BCUT2D eigenvalue weighted by molar-refractivity contribution is 0.409. The Morgan fingerprint density at radius 2 is 2.05 bits per heavy atom. The zero-order valence-electron chi connectivity index (χ0n) is 11.9. The van der Waals surface area contributed by atoms with E-state index in [9.17, 15) is 0 Å². The molecule has 0 saturated heterocycles. The molecule has 0 aliphatic rings. The maximum absolute atomic E-state index is 4.71. The Hall–Kier alpha value is -2.47. The molecule has 2 heterocycles. The number of hydrogen-bond donors (Lipinski definition) is 1. The second-order valence-corrected chi connectivity index (χ2v) is 4.74. The number of nitrogens with zero attached hydrogens (tertiary/aromatic N) is 4. The van der Waals surface area contributed by atoms with Crippen LogP contribution in [0.5, 0.6) is 0 Å². The highest BCUT2D eigenvalue weighted by molar-refractivity contribution is 5.35. The van der Waals surface area contributed by atoms with Crippen molar-refractivity contribution in [1.82, 2.24) is 25.0 Å². The van der Waals surface area contributed by atoms with Crippen molar-refractivity contribution in [2.75, 3.05) is 6.54 Å². The highest BCUT2D eigenvalue weighted by Gasteiger charge is 2.08. The van der Waals surface area contributed by atoms with Crippen molar-refractivity contribution in [3.63, 3.8) is 0 Å². The van der Waals surface area contributed by atoms with Gasteiger partial charge in [0.15, 0.2) is 5.82 Å². The zero-order valence-corrected chi connectivity index (χ0v) is 11.9. The summed E-state index contributed by atoms with van der Waals surface area (Å²) >= 11 is 0. The van der Waals surface area contributed by atoms with Crippen LogP contribution in [0, 0.1) is 6.92 Å². The molecule has 0 aliphatic heterocycles. The standard InChI is InChI=1S/C15H17N5O/c1-12-17-10-14(20(12)13-5-3-2-4-6-13)9-16-8-7-15-18-11-21-19-15/h2-6,10-11,16H,7-9H2,1H3. The summed E-state index contributed by atoms with van der Waals surface area (Å²) in [6, 6.07) is 10.2. The molecule has 1 aromatic carbocycles. The lowest BCUT2D eigenvalue weighted by Gasteiger charge is -2.10. The monoisotopic (exact) mass is 283 g/mol. The fourth-order valence-electron chi connectivity index (χ4n) is 2.26. The molecule has 6 nitrogen and oxygen atoms in total. The van der Waals surface area contributed by atoms with Crippen molar-refractivity contribution in [3.05, 3.63) is 60.3 Å². The van der Waals surface area contributed by atoms with Gasteiger partial charge in [-0.3, -0.25) is 4.57 Å². The molecule has 6 heteroatoms. The van der Waals surface area contributed by atoms with Crippen LogP contribution in [0.1, 0.15) is 17.3 Å². The lowest BCUT2D eigenvalue weighted by atomic mass is 10.3. The van der Waals surface area contributed by atoms with Gasteiger partial charge in [-0.1, -0.05) is 23.4 Å². The Morgan fingerprint density at radius 1 is 1.19 bits per heavy atom. The summed E-state index contributed by atoms with van der Waals surface area (Å²) in [5.74, 6) is 1.70. The number of para-hydroxylation sites is 1. The van der Waals surface area contributed by atoms with Crippen LogP contribution < -0.4 is 5.32 Å². The number of nitrogens with one attached hydrogen (secondary N) is 1. The number of rotatable bonds is 6. The average molecular weight is 283 g/mol. The highest BCUT2D eigenvalue weighted by atomic mass is 16.5. The van der Waals surface area contributed by atoms with Gasteiger partial charge in [0.05, 0.1) is 11.9 Å². The molecule has 0 spiro atoms. The molecule has 108 valence electrons. The topological polar surface area (TPSA) is 68.8 Å². The van der Waals surface area contributed by atoms with Crippen molar-refractivity contribution >= 4 is 0 Å². The molecule has 0 amide bonds. The molecule has 21 heavy (non-hydrogen) atoms. The first-order valence-corrected chi connectivity index (χ1v) is 6.89. The van der Waals surface area contributed by atoms with Gasteiger partial charge in [-0.05, 0) is 19.1 Å². The minimum absolute atomic E-state index is 0.718. The Balaban J connectivity index is 1.64. The van der Waals surface area contributed by atoms with Crippen molar-refractivity contribution in [2.24, 2.45) is 0 Å². The lowest BCUT2D eigenvalue weighted by Crippen LogP contribution is -2.19. The number of aromatic nitrogens is 4. The highest BCUT2D eigenvalue weighted by Crippen LogP contribution is 2.14. The summed E-state index contributed by atoms with van der Waals surface area (Å²) in [6.45, 7) is 3.54. The molecule has 3 aromatic rings. The molecular weight excluding hydrogens is 266 g/mol. The van der Waals surface area contributed by atoms with Crippen molar-refractivity contribution in [2.45, 2.75) is 19.9 Å². The minimum atomic E-state index is 0.718. The molecule has 0 unspecified atom stereocenters. The second kappa shape index (κ2) is 6.32. The van der Waals surface area contributed by atoms with E-state index < -0.39 is 0 Å². The van der Waals surface area contributed by atoms with Gasteiger partial charge in [-0.25, -0.2) is 4.98 Å². The van der Waals surface area contributed by atoms with Crippen molar-refractivity contribution < 1.29 is 4.52 Å². The SMILES string of the molecule is Cc1ncc(CNCCc2ncon2)n1-c1ccccc1. The van der Waals surface area contributed by atoms with Gasteiger partial charge in [0.2, 0.25) is 6.39 Å². The maximum Gasteiger partial charge on any atom is 0.213 e. The summed E-state index contributed by atoms with van der Waals surface area (Å²) in [5, 5.41) is 7.17. The van der Waals surface area contributed by atoms with E-state index in [0.717, 1.165) is 42.5 Å². The molecule has 0 atom stereocenters. The summed E-state index contributed by atoms with van der Waals surface area (Å²) in [5.41, 5.74) is 2.26. The van der Waals surface area contributed by atoms with E-state index in [4.69, 9.17) is 4.52 Å². The Labute approximate surface area is 122 Å². The van der Waals surface area contributed by atoms with Gasteiger partial charge >= 0.3 is 0 Å². The first kappa shape index (κ1) is 13.5.